The van der Waals surface area contributed by atoms with Gasteiger partial charge in [0.2, 0.25) is 5.75 Å². The van der Waals surface area contributed by atoms with Gasteiger partial charge in [0.1, 0.15) is 6.61 Å². The summed E-state index contributed by atoms with van der Waals surface area (Å²) >= 11 is 0. The molecule has 4 rings (SSSR count). The second-order valence-electron chi connectivity index (χ2n) is 7.35. The third-order valence-corrected chi connectivity index (χ3v) is 5.27. The van der Waals surface area contributed by atoms with Crippen LogP contribution in [0.25, 0.3) is 11.1 Å². The topological polar surface area (TPSA) is 86.3 Å². The van der Waals surface area contributed by atoms with Crippen LogP contribution in [0.1, 0.15) is 15.9 Å². The zero-order chi connectivity index (χ0) is 21.3. The molecule has 0 atom stereocenters. The van der Waals surface area contributed by atoms with Gasteiger partial charge >= 0.3 is 6.61 Å². The zero-order valence-electron chi connectivity index (χ0n) is 16.2. The molecule has 2 aliphatic rings. The summed E-state index contributed by atoms with van der Waals surface area (Å²) in [5.74, 6) is -0.0586. The fourth-order valence-corrected chi connectivity index (χ4v) is 3.53. The Labute approximate surface area is 171 Å². The predicted molar refractivity (Wildman–Crippen MR) is 102 cm³/mol. The highest BCUT2D eigenvalue weighted by atomic mass is 19.3. The van der Waals surface area contributed by atoms with Gasteiger partial charge in [0.15, 0.2) is 11.5 Å². The van der Waals surface area contributed by atoms with Crippen molar-refractivity contribution in [2.45, 2.75) is 13.2 Å². The summed E-state index contributed by atoms with van der Waals surface area (Å²) in [5, 5.41) is 12.4. The van der Waals surface area contributed by atoms with Gasteiger partial charge in [-0.1, -0.05) is 6.07 Å². The molecule has 30 heavy (non-hydrogen) atoms. The number of nitrogens with one attached hydrogen (secondary N) is 1. The van der Waals surface area contributed by atoms with E-state index < -0.39 is 12.0 Å². The molecule has 0 bridgehead atoms. The van der Waals surface area contributed by atoms with Gasteiger partial charge < -0.3 is 29.4 Å². The Hall–Kier alpha value is -2.91. The van der Waals surface area contributed by atoms with E-state index in [1.807, 2.05) is 6.07 Å². The van der Waals surface area contributed by atoms with Crippen LogP contribution in [-0.2, 0) is 11.3 Å². The highest BCUT2D eigenvalue weighted by Crippen LogP contribution is 2.46. The Kier molecular flexibility index (Phi) is 5.48. The summed E-state index contributed by atoms with van der Waals surface area (Å²) in [7, 11) is 1.34. The summed E-state index contributed by atoms with van der Waals surface area (Å²) in [4.78, 5) is 11.8. The number of hydrogen-bond donors (Lipinski definition) is 2. The van der Waals surface area contributed by atoms with Crippen LogP contribution in [0.3, 0.4) is 0 Å². The lowest BCUT2D eigenvalue weighted by Gasteiger charge is -2.39. The van der Waals surface area contributed by atoms with Crippen molar-refractivity contribution in [2.75, 3.05) is 33.5 Å². The summed E-state index contributed by atoms with van der Waals surface area (Å²) in [6.45, 7) is -1.98. The Balaban J connectivity index is 1.76. The van der Waals surface area contributed by atoms with Crippen molar-refractivity contribution in [3.63, 3.8) is 0 Å². The number of ether oxygens (including phenoxy) is 4. The highest BCUT2D eigenvalue weighted by Gasteiger charge is 2.39. The van der Waals surface area contributed by atoms with Crippen molar-refractivity contribution in [3.05, 3.63) is 41.5 Å². The lowest BCUT2D eigenvalue weighted by Crippen LogP contribution is -2.50. The number of fused-ring (bicyclic) bond motifs is 1. The number of rotatable bonds is 8. The fourth-order valence-electron chi connectivity index (χ4n) is 3.53. The molecule has 0 spiro atoms. The molecule has 2 aromatic rings. The largest absolute Gasteiger partial charge is 0.490 e. The maximum absolute atomic E-state index is 12.9. The van der Waals surface area contributed by atoms with Crippen LogP contribution in [0.15, 0.2) is 30.3 Å². The van der Waals surface area contributed by atoms with E-state index in [1.54, 1.807) is 18.2 Å². The van der Waals surface area contributed by atoms with Gasteiger partial charge in [-0.2, -0.15) is 8.78 Å². The Morgan fingerprint density at radius 1 is 1.20 bits per heavy atom. The maximum Gasteiger partial charge on any atom is 0.387 e. The number of carbonyl (C=O) groups is 1. The number of carbonyl (C=O) groups excluding carboxylic acids is 1. The van der Waals surface area contributed by atoms with Crippen LogP contribution in [0, 0.1) is 5.41 Å². The average Bonchev–Trinajstić information content (AvgIpc) is 3.07. The number of aliphatic hydroxyl groups excluding tert-OH is 1. The van der Waals surface area contributed by atoms with E-state index in [0.29, 0.717) is 30.9 Å². The number of alkyl halides is 2. The number of benzene rings is 2. The molecular formula is C21H21F2NO6. The van der Waals surface area contributed by atoms with E-state index in [1.165, 1.54) is 13.2 Å². The van der Waals surface area contributed by atoms with E-state index in [2.05, 4.69) is 10.1 Å². The SMILES string of the molecule is COc1c(OC(F)F)ccc(-c2ccc3c(c2)CNC3=O)c1OCC1(CO)COC1. The molecule has 0 unspecified atom stereocenters. The molecule has 1 fully saturated rings. The van der Waals surface area contributed by atoms with Crippen LogP contribution in [0.4, 0.5) is 8.78 Å². The van der Waals surface area contributed by atoms with Gasteiger partial charge in [0.05, 0.1) is 32.3 Å². The molecule has 0 aromatic heterocycles. The molecule has 9 heteroatoms. The summed E-state index contributed by atoms with van der Waals surface area (Å²) < 4.78 is 46.9. The van der Waals surface area contributed by atoms with Gasteiger partial charge in [-0.25, -0.2) is 0 Å². The first-order valence-corrected chi connectivity index (χ1v) is 9.35. The van der Waals surface area contributed by atoms with Crippen molar-refractivity contribution in [2.24, 2.45) is 5.41 Å². The third-order valence-electron chi connectivity index (χ3n) is 5.27. The van der Waals surface area contributed by atoms with Crippen molar-refractivity contribution < 1.29 is 37.6 Å². The van der Waals surface area contributed by atoms with E-state index in [9.17, 15) is 18.7 Å². The van der Waals surface area contributed by atoms with Crippen LogP contribution >= 0.6 is 0 Å². The maximum atomic E-state index is 12.9. The molecule has 0 radical (unpaired) electrons. The lowest BCUT2D eigenvalue weighted by atomic mass is 9.88. The van der Waals surface area contributed by atoms with Gasteiger partial charge in [0.25, 0.3) is 5.91 Å². The molecule has 2 aromatic carbocycles. The van der Waals surface area contributed by atoms with Gasteiger partial charge in [-0.3, -0.25) is 4.79 Å². The second-order valence-corrected chi connectivity index (χ2v) is 7.35. The Morgan fingerprint density at radius 3 is 2.60 bits per heavy atom. The molecular weight excluding hydrogens is 400 g/mol. The minimum Gasteiger partial charge on any atom is -0.490 e. The number of hydrogen-bond acceptors (Lipinski definition) is 6. The third kappa shape index (κ3) is 3.66. The van der Waals surface area contributed by atoms with Crippen molar-refractivity contribution >= 4 is 5.91 Å². The molecule has 2 heterocycles. The summed E-state index contributed by atoms with van der Waals surface area (Å²) in [5.41, 5.74) is 2.18. The van der Waals surface area contributed by atoms with Crippen molar-refractivity contribution in [3.8, 4) is 28.4 Å². The lowest BCUT2D eigenvalue weighted by molar-refractivity contribution is -0.153. The monoisotopic (exact) mass is 421 g/mol. The van der Waals surface area contributed by atoms with Crippen LogP contribution < -0.4 is 19.5 Å². The van der Waals surface area contributed by atoms with Gasteiger partial charge in [-0.05, 0) is 35.4 Å². The zero-order valence-corrected chi connectivity index (χ0v) is 16.2. The smallest absolute Gasteiger partial charge is 0.387 e. The minimum atomic E-state index is -3.03. The molecule has 7 nitrogen and oxygen atoms in total. The molecule has 160 valence electrons. The molecule has 1 amide bonds. The molecule has 2 aliphatic heterocycles. The summed E-state index contributed by atoms with van der Waals surface area (Å²) in [6, 6.07) is 8.30. The Morgan fingerprint density at radius 2 is 1.97 bits per heavy atom. The normalized spacial score (nSPS) is 16.6. The van der Waals surface area contributed by atoms with Crippen LogP contribution in [0.2, 0.25) is 0 Å². The molecule has 0 aliphatic carbocycles. The van der Waals surface area contributed by atoms with Crippen LogP contribution in [-0.4, -0.2) is 51.2 Å². The van der Waals surface area contributed by atoms with Gasteiger partial charge in [-0.15, -0.1) is 0 Å². The van der Waals surface area contributed by atoms with Crippen molar-refractivity contribution in [1.82, 2.24) is 5.32 Å². The Bertz CT molecular complexity index is 955. The molecule has 1 saturated heterocycles. The molecule has 2 N–H and O–H groups in total. The van der Waals surface area contributed by atoms with E-state index in [0.717, 1.165) is 11.1 Å². The van der Waals surface area contributed by atoms with E-state index >= 15 is 0 Å². The number of methoxy groups -OCH3 is 1. The number of halogens is 2. The predicted octanol–water partition coefficient (Wildman–Crippen LogP) is 2.59. The molecule has 0 saturated carbocycles. The average molecular weight is 421 g/mol. The first kappa shape index (κ1) is 20.4. The number of amides is 1. The quantitative estimate of drug-likeness (QED) is 0.682. The first-order chi connectivity index (χ1) is 14.5. The van der Waals surface area contributed by atoms with Gasteiger partial charge in [0, 0.05) is 17.7 Å². The highest BCUT2D eigenvalue weighted by molar-refractivity contribution is 5.99. The second kappa shape index (κ2) is 8.08. The standard InChI is InChI=1S/C21H21F2NO6/c1-27-18-16(30-20(22)23)5-4-14(17(18)29-11-21(8-25)9-28-10-21)12-2-3-15-13(6-12)7-24-19(15)26/h2-6,20,25H,7-11H2,1H3,(H,24,26). The van der Waals surface area contributed by atoms with Crippen molar-refractivity contribution in [1.29, 1.82) is 0 Å². The first-order valence-electron chi connectivity index (χ1n) is 9.35. The summed E-state index contributed by atoms with van der Waals surface area (Å²) in [6.07, 6.45) is 0. The van der Waals surface area contributed by atoms with Crippen LogP contribution in [0.5, 0.6) is 17.2 Å². The number of aliphatic hydroxyl groups is 1. The fraction of sp³-hybridized carbons (Fsp3) is 0.381. The van der Waals surface area contributed by atoms with E-state index in [-0.39, 0.29) is 36.4 Å². The minimum absolute atomic E-state index is 0.0239. The van der Waals surface area contributed by atoms with E-state index in [4.69, 9.17) is 14.2 Å².